The van der Waals surface area contributed by atoms with Crippen molar-refractivity contribution in [2.45, 2.75) is 88.4 Å². The maximum Gasteiger partial charge on any atom is 0.0849 e. The minimum absolute atomic E-state index is 0.0567. The molecule has 140 valence electrons. The van der Waals surface area contributed by atoms with E-state index in [9.17, 15) is 15.3 Å². The van der Waals surface area contributed by atoms with Gasteiger partial charge in [-0.15, -0.1) is 6.58 Å². The maximum atomic E-state index is 10.3. The zero-order chi connectivity index (χ0) is 18.8. The predicted octanol–water partition coefficient (Wildman–Crippen LogP) is 4.35. The van der Waals surface area contributed by atoms with Gasteiger partial charge < -0.3 is 15.3 Å². The maximum absolute atomic E-state index is 10.3. The van der Waals surface area contributed by atoms with Crippen molar-refractivity contribution in [3.63, 3.8) is 0 Å². The molecule has 5 atom stereocenters. The highest BCUT2D eigenvalue weighted by Gasteiger charge is 2.45. The van der Waals surface area contributed by atoms with E-state index in [1.165, 1.54) is 5.57 Å². The molecule has 1 aliphatic rings. The molecule has 0 amide bonds. The lowest BCUT2D eigenvalue weighted by atomic mass is 9.61. The van der Waals surface area contributed by atoms with Gasteiger partial charge in [0.1, 0.15) is 0 Å². The SMILES string of the molecule is C=CC(C)(O)CC[C@@H]1C(=C)CC[C@H](Br)[C@@]1(C)CCC(O)C(C)(C)O. The van der Waals surface area contributed by atoms with Crippen LogP contribution in [0.3, 0.4) is 0 Å². The number of aliphatic hydroxyl groups excluding tert-OH is 1. The van der Waals surface area contributed by atoms with Gasteiger partial charge in [-0.2, -0.15) is 0 Å². The molecule has 1 rings (SSSR count). The summed E-state index contributed by atoms with van der Waals surface area (Å²) in [6, 6.07) is 0. The first-order valence-corrected chi connectivity index (χ1v) is 9.83. The van der Waals surface area contributed by atoms with Gasteiger partial charge in [-0.3, -0.25) is 0 Å². The van der Waals surface area contributed by atoms with Crippen LogP contribution in [-0.4, -0.2) is 37.5 Å². The summed E-state index contributed by atoms with van der Waals surface area (Å²) in [4.78, 5) is 0.336. The Kier molecular flexibility index (Phi) is 7.32. The van der Waals surface area contributed by atoms with Gasteiger partial charge in [0, 0.05) is 4.83 Å². The lowest BCUT2D eigenvalue weighted by molar-refractivity contribution is -0.0586. The Labute approximate surface area is 156 Å². The Balaban J connectivity index is 2.90. The third-order valence-electron chi connectivity index (χ3n) is 5.87. The van der Waals surface area contributed by atoms with Crippen molar-refractivity contribution in [1.82, 2.24) is 0 Å². The van der Waals surface area contributed by atoms with Gasteiger partial charge in [-0.25, -0.2) is 0 Å². The molecular weight excluding hydrogens is 368 g/mol. The quantitative estimate of drug-likeness (QED) is 0.417. The van der Waals surface area contributed by atoms with Crippen LogP contribution in [0.15, 0.2) is 24.8 Å². The smallest absolute Gasteiger partial charge is 0.0849 e. The van der Waals surface area contributed by atoms with Gasteiger partial charge >= 0.3 is 0 Å². The lowest BCUT2D eigenvalue weighted by Crippen LogP contribution is -2.44. The first-order chi connectivity index (χ1) is 10.8. The molecule has 0 spiro atoms. The fraction of sp³-hybridized carbons (Fsp3) is 0.800. The van der Waals surface area contributed by atoms with Crippen molar-refractivity contribution in [2.75, 3.05) is 0 Å². The van der Waals surface area contributed by atoms with Gasteiger partial charge in [0.2, 0.25) is 0 Å². The van der Waals surface area contributed by atoms with E-state index in [0.29, 0.717) is 17.7 Å². The molecule has 0 saturated heterocycles. The molecule has 1 fully saturated rings. The van der Waals surface area contributed by atoms with E-state index in [0.717, 1.165) is 25.7 Å². The van der Waals surface area contributed by atoms with Crippen molar-refractivity contribution in [3.05, 3.63) is 24.8 Å². The Morgan fingerprint density at radius 2 is 1.96 bits per heavy atom. The molecular formula is C20H35BrO3. The zero-order valence-electron chi connectivity index (χ0n) is 15.7. The molecule has 1 aliphatic carbocycles. The van der Waals surface area contributed by atoms with Gasteiger partial charge in [-0.1, -0.05) is 41.1 Å². The van der Waals surface area contributed by atoms with Crippen LogP contribution in [0.4, 0.5) is 0 Å². The predicted molar refractivity (Wildman–Crippen MR) is 104 cm³/mol. The van der Waals surface area contributed by atoms with E-state index in [2.05, 4.69) is 36.0 Å². The van der Waals surface area contributed by atoms with Crippen LogP contribution >= 0.6 is 15.9 Å². The molecule has 24 heavy (non-hydrogen) atoms. The van der Waals surface area contributed by atoms with Gasteiger partial charge in [0.25, 0.3) is 0 Å². The molecule has 3 nitrogen and oxygen atoms in total. The summed E-state index contributed by atoms with van der Waals surface area (Å²) in [5.74, 6) is 0.274. The van der Waals surface area contributed by atoms with Crippen LogP contribution < -0.4 is 0 Å². The van der Waals surface area contributed by atoms with E-state index in [1.54, 1.807) is 26.8 Å². The summed E-state index contributed by atoms with van der Waals surface area (Å²) in [6.45, 7) is 15.3. The Morgan fingerprint density at radius 3 is 2.46 bits per heavy atom. The number of halogens is 1. The number of alkyl halides is 1. The summed E-state index contributed by atoms with van der Waals surface area (Å²) in [6.07, 6.45) is 5.69. The fourth-order valence-corrected chi connectivity index (χ4v) is 4.48. The molecule has 0 aromatic heterocycles. The largest absolute Gasteiger partial charge is 0.390 e. The molecule has 4 heteroatoms. The van der Waals surface area contributed by atoms with Crippen LogP contribution in [-0.2, 0) is 0 Å². The number of rotatable bonds is 8. The van der Waals surface area contributed by atoms with E-state index in [1.807, 2.05) is 0 Å². The fourth-order valence-electron chi connectivity index (χ4n) is 3.70. The Bertz CT molecular complexity index is 452. The van der Waals surface area contributed by atoms with Gasteiger partial charge in [-0.05, 0) is 70.6 Å². The van der Waals surface area contributed by atoms with Crippen molar-refractivity contribution in [3.8, 4) is 0 Å². The van der Waals surface area contributed by atoms with Gasteiger partial charge in [0.15, 0.2) is 0 Å². The average molecular weight is 403 g/mol. The van der Waals surface area contributed by atoms with E-state index in [4.69, 9.17) is 0 Å². The summed E-state index contributed by atoms with van der Waals surface area (Å²) in [5.41, 5.74) is -0.789. The first-order valence-electron chi connectivity index (χ1n) is 8.91. The minimum Gasteiger partial charge on any atom is -0.390 e. The first kappa shape index (κ1) is 21.9. The zero-order valence-corrected chi connectivity index (χ0v) is 17.3. The van der Waals surface area contributed by atoms with Crippen LogP contribution in [0.2, 0.25) is 0 Å². The lowest BCUT2D eigenvalue weighted by Gasteiger charge is -2.48. The van der Waals surface area contributed by atoms with Crippen molar-refractivity contribution >= 4 is 15.9 Å². The van der Waals surface area contributed by atoms with Crippen molar-refractivity contribution in [1.29, 1.82) is 0 Å². The summed E-state index contributed by atoms with van der Waals surface area (Å²) in [5, 5.41) is 30.5. The Hall–Kier alpha value is -0.160. The van der Waals surface area contributed by atoms with Gasteiger partial charge in [0.05, 0.1) is 17.3 Å². The molecule has 0 heterocycles. The van der Waals surface area contributed by atoms with E-state index >= 15 is 0 Å². The second kappa shape index (κ2) is 8.03. The third kappa shape index (κ3) is 5.42. The number of hydrogen-bond donors (Lipinski definition) is 3. The molecule has 1 saturated carbocycles. The van der Waals surface area contributed by atoms with Crippen molar-refractivity contribution in [2.24, 2.45) is 11.3 Å². The third-order valence-corrected chi connectivity index (χ3v) is 7.38. The molecule has 0 radical (unpaired) electrons. The number of hydrogen-bond acceptors (Lipinski definition) is 3. The van der Waals surface area contributed by atoms with E-state index < -0.39 is 17.3 Å². The van der Waals surface area contributed by atoms with Crippen LogP contribution in [0.5, 0.6) is 0 Å². The molecule has 0 aliphatic heterocycles. The molecule has 2 unspecified atom stereocenters. The highest BCUT2D eigenvalue weighted by molar-refractivity contribution is 9.09. The van der Waals surface area contributed by atoms with Crippen LogP contribution in [0.1, 0.15) is 66.2 Å². The average Bonchev–Trinajstić information content (AvgIpc) is 2.47. The highest BCUT2D eigenvalue weighted by atomic mass is 79.9. The topological polar surface area (TPSA) is 60.7 Å². The normalized spacial score (nSPS) is 32.2. The molecule has 0 aromatic rings. The second-order valence-electron chi connectivity index (χ2n) is 8.53. The number of allylic oxidation sites excluding steroid dienone is 1. The second-order valence-corrected chi connectivity index (χ2v) is 9.64. The van der Waals surface area contributed by atoms with Crippen molar-refractivity contribution < 1.29 is 15.3 Å². The number of aliphatic hydroxyl groups is 3. The monoisotopic (exact) mass is 402 g/mol. The molecule has 0 aromatic carbocycles. The van der Waals surface area contributed by atoms with Crippen LogP contribution in [0.25, 0.3) is 0 Å². The summed E-state index contributed by atoms with van der Waals surface area (Å²) >= 11 is 3.85. The molecule has 0 bridgehead atoms. The standard InChI is InChI=1S/C20H35BrO3/c1-7-19(5,24)12-10-15-14(2)8-9-16(21)20(15,6)13-11-17(22)18(3,4)23/h7,15-17,22-24H,1-2,8-13H2,3-6H3/t15-,16+,17?,19?,20+/m1/s1. The highest BCUT2D eigenvalue weighted by Crippen LogP contribution is 2.52. The van der Waals surface area contributed by atoms with Crippen LogP contribution in [0, 0.1) is 11.3 Å². The summed E-state index contributed by atoms with van der Waals surface area (Å²) < 4.78 is 0. The summed E-state index contributed by atoms with van der Waals surface area (Å²) in [7, 11) is 0. The Morgan fingerprint density at radius 1 is 1.38 bits per heavy atom. The molecule has 3 N–H and O–H groups in total. The van der Waals surface area contributed by atoms with E-state index in [-0.39, 0.29) is 11.3 Å². The minimum atomic E-state index is -1.09.